The Hall–Kier alpha value is -1.49. The van der Waals surface area contributed by atoms with Crippen molar-refractivity contribution in [2.45, 2.75) is 32.2 Å². The molecule has 0 N–H and O–H groups in total. The zero-order valence-corrected chi connectivity index (χ0v) is 13.0. The molecule has 0 atom stereocenters. The molecule has 3 rings (SSSR count). The topological polar surface area (TPSA) is 41.9 Å². The Morgan fingerprint density at radius 2 is 2.00 bits per heavy atom. The Morgan fingerprint density at radius 1 is 1.25 bits per heavy atom. The maximum absolute atomic E-state index is 4.73. The molecule has 2 heterocycles. The molecule has 104 valence electrons. The smallest absolute Gasteiger partial charge is 0.135 e. The van der Waals surface area contributed by atoms with Gasteiger partial charge in [0, 0.05) is 37.5 Å². The van der Waals surface area contributed by atoms with Crippen molar-refractivity contribution >= 4 is 21.7 Å². The van der Waals surface area contributed by atoms with E-state index in [9.17, 15) is 0 Å². The molecule has 1 aliphatic rings. The molecule has 5 heteroatoms. The summed E-state index contributed by atoms with van der Waals surface area (Å²) in [5.74, 6) is 2.53. The zero-order valence-electron chi connectivity index (χ0n) is 11.5. The van der Waals surface area contributed by atoms with E-state index in [2.05, 4.69) is 37.7 Å². The van der Waals surface area contributed by atoms with Crippen molar-refractivity contribution in [3.63, 3.8) is 0 Å². The molecular weight excluding hydrogens is 316 g/mol. The van der Waals surface area contributed by atoms with Gasteiger partial charge >= 0.3 is 0 Å². The number of anilines is 1. The van der Waals surface area contributed by atoms with Gasteiger partial charge in [-0.25, -0.2) is 9.97 Å². The minimum absolute atomic E-state index is 0.561. The van der Waals surface area contributed by atoms with Crippen molar-refractivity contribution in [3.8, 4) is 0 Å². The molecule has 20 heavy (non-hydrogen) atoms. The van der Waals surface area contributed by atoms with Gasteiger partial charge in [-0.3, -0.25) is 4.98 Å². The fraction of sp³-hybridized carbons (Fsp3) is 0.400. The molecular formula is C15H17BrN4. The summed E-state index contributed by atoms with van der Waals surface area (Å²) in [6, 6.07) is 6.08. The highest BCUT2D eigenvalue weighted by molar-refractivity contribution is 9.10. The van der Waals surface area contributed by atoms with Gasteiger partial charge < -0.3 is 4.90 Å². The van der Waals surface area contributed by atoms with Gasteiger partial charge in [-0.15, -0.1) is 0 Å². The van der Waals surface area contributed by atoms with Crippen LogP contribution in [0.2, 0.25) is 0 Å². The van der Waals surface area contributed by atoms with Crippen LogP contribution in [0.15, 0.2) is 35.2 Å². The van der Waals surface area contributed by atoms with Crippen molar-refractivity contribution in [3.05, 3.63) is 46.6 Å². The second-order valence-corrected chi connectivity index (χ2v) is 5.86. The van der Waals surface area contributed by atoms with E-state index in [4.69, 9.17) is 4.98 Å². The minimum Gasteiger partial charge on any atom is -0.352 e. The predicted molar refractivity (Wildman–Crippen MR) is 82.7 cm³/mol. The van der Waals surface area contributed by atoms with Crippen LogP contribution in [0.5, 0.6) is 0 Å². The first kappa shape index (κ1) is 13.5. The molecule has 0 radical (unpaired) electrons. The fourth-order valence-electron chi connectivity index (χ4n) is 2.17. The summed E-state index contributed by atoms with van der Waals surface area (Å²) in [7, 11) is 0. The molecule has 0 unspecified atom stereocenters. The van der Waals surface area contributed by atoms with E-state index in [0.29, 0.717) is 5.92 Å². The van der Waals surface area contributed by atoms with Gasteiger partial charge in [-0.05, 0) is 53.4 Å². The number of nitrogens with zero attached hydrogens (tertiary/aromatic N) is 4. The van der Waals surface area contributed by atoms with Crippen LogP contribution in [0.4, 0.5) is 5.82 Å². The first-order valence-electron chi connectivity index (χ1n) is 6.94. The van der Waals surface area contributed by atoms with Crippen LogP contribution in [0.3, 0.4) is 0 Å². The Morgan fingerprint density at radius 3 is 2.65 bits per heavy atom. The second kappa shape index (κ2) is 5.87. The van der Waals surface area contributed by atoms with E-state index in [1.807, 2.05) is 30.6 Å². The summed E-state index contributed by atoms with van der Waals surface area (Å²) in [5.41, 5.74) is 1.24. The molecule has 0 amide bonds. The van der Waals surface area contributed by atoms with Crippen LogP contribution in [0.25, 0.3) is 0 Å². The average molecular weight is 333 g/mol. The minimum atomic E-state index is 0.561. The summed E-state index contributed by atoms with van der Waals surface area (Å²) in [4.78, 5) is 15.5. The molecule has 1 saturated carbocycles. The Kier molecular flexibility index (Phi) is 3.96. The van der Waals surface area contributed by atoms with Crippen LogP contribution < -0.4 is 4.90 Å². The standard InChI is InChI=1S/C15H17BrN4/c1-2-20(10-11-5-7-17-8-6-11)14-9-13(16)18-15(19-14)12-3-4-12/h5-9,12H,2-4,10H2,1H3. The molecule has 2 aromatic rings. The molecule has 1 aliphatic carbocycles. The maximum atomic E-state index is 4.73. The maximum Gasteiger partial charge on any atom is 0.135 e. The molecule has 4 nitrogen and oxygen atoms in total. The third-order valence-corrected chi connectivity index (χ3v) is 3.88. The van der Waals surface area contributed by atoms with Gasteiger partial charge in [0.15, 0.2) is 0 Å². The molecule has 1 fully saturated rings. The summed E-state index contributed by atoms with van der Waals surface area (Å²) in [6.45, 7) is 3.90. The van der Waals surface area contributed by atoms with Gasteiger partial charge in [-0.2, -0.15) is 0 Å². The third-order valence-electron chi connectivity index (χ3n) is 3.47. The molecule has 0 bridgehead atoms. The normalized spacial score (nSPS) is 14.3. The van der Waals surface area contributed by atoms with Gasteiger partial charge in [0.25, 0.3) is 0 Å². The zero-order chi connectivity index (χ0) is 13.9. The lowest BCUT2D eigenvalue weighted by Crippen LogP contribution is -2.23. The highest BCUT2D eigenvalue weighted by atomic mass is 79.9. The monoisotopic (exact) mass is 332 g/mol. The van der Waals surface area contributed by atoms with Crippen molar-refractivity contribution < 1.29 is 0 Å². The van der Waals surface area contributed by atoms with Crippen molar-refractivity contribution in [1.29, 1.82) is 0 Å². The van der Waals surface area contributed by atoms with E-state index < -0.39 is 0 Å². The molecule has 0 saturated heterocycles. The number of pyridine rings is 1. The van der Waals surface area contributed by atoms with Crippen molar-refractivity contribution in [2.75, 3.05) is 11.4 Å². The van der Waals surface area contributed by atoms with E-state index in [1.54, 1.807) is 0 Å². The van der Waals surface area contributed by atoms with E-state index >= 15 is 0 Å². The highest BCUT2D eigenvalue weighted by Gasteiger charge is 2.27. The quantitative estimate of drug-likeness (QED) is 0.785. The lowest BCUT2D eigenvalue weighted by atomic mass is 10.2. The SMILES string of the molecule is CCN(Cc1ccncc1)c1cc(Br)nc(C2CC2)n1. The number of aromatic nitrogens is 3. The first-order valence-corrected chi connectivity index (χ1v) is 7.74. The van der Waals surface area contributed by atoms with Gasteiger partial charge in [-0.1, -0.05) is 0 Å². The lowest BCUT2D eigenvalue weighted by molar-refractivity contribution is 0.791. The van der Waals surface area contributed by atoms with E-state index in [0.717, 1.165) is 29.3 Å². The second-order valence-electron chi connectivity index (χ2n) is 5.05. The summed E-state index contributed by atoms with van der Waals surface area (Å²) >= 11 is 3.50. The molecule has 0 aromatic carbocycles. The molecule has 0 aliphatic heterocycles. The van der Waals surface area contributed by atoms with Crippen LogP contribution in [0.1, 0.15) is 37.1 Å². The largest absolute Gasteiger partial charge is 0.352 e. The van der Waals surface area contributed by atoms with Gasteiger partial charge in [0.2, 0.25) is 0 Å². The fourth-order valence-corrected chi connectivity index (χ4v) is 2.56. The Labute approximate surface area is 127 Å². The van der Waals surface area contributed by atoms with E-state index in [-0.39, 0.29) is 0 Å². The number of hydrogen-bond donors (Lipinski definition) is 0. The highest BCUT2D eigenvalue weighted by Crippen LogP contribution is 2.39. The third kappa shape index (κ3) is 3.15. The number of rotatable bonds is 5. The van der Waals surface area contributed by atoms with Crippen molar-refractivity contribution in [1.82, 2.24) is 15.0 Å². The Bertz CT molecular complexity index is 584. The number of halogens is 1. The summed E-state index contributed by atoms with van der Waals surface area (Å²) in [5, 5.41) is 0. The lowest BCUT2D eigenvalue weighted by Gasteiger charge is -2.22. The predicted octanol–water partition coefficient (Wildman–Crippen LogP) is 3.54. The summed E-state index contributed by atoms with van der Waals surface area (Å²) in [6.07, 6.45) is 6.09. The molecule has 2 aromatic heterocycles. The van der Waals surface area contributed by atoms with Crippen molar-refractivity contribution in [2.24, 2.45) is 0 Å². The Balaban J connectivity index is 1.85. The first-order chi connectivity index (χ1) is 9.76. The number of hydrogen-bond acceptors (Lipinski definition) is 4. The van der Waals surface area contributed by atoms with Crippen LogP contribution >= 0.6 is 15.9 Å². The summed E-state index contributed by atoms with van der Waals surface area (Å²) < 4.78 is 0.873. The van der Waals surface area contributed by atoms with Crippen LogP contribution in [0, 0.1) is 0 Å². The molecule has 0 spiro atoms. The average Bonchev–Trinajstić information content (AvgIpc) is 3.30. The van der Waals surface area contributed by atoms with Gasteiger partial charge in [0.05, 0.1) is 0 Å². The van der Waals surface area contributed by atoms with Crippen LogP contribution in [-0.2, 0) is 6.54 Å². The van der Waals surface area contributed by atoms with E-state index in [1.165, 1.54) is 18.4 Å². The van der Waals surface area contributed by atoms with Crippen LogP contribution in [-0.4, -0.2) is 21.5 Å². The van der Waals surface area contributed by atoms with Gasteiger partial charge in [0.1, 0.15) is 16.2 Å².